The summed E-state index contributed by atoms with van der Waals surface area (Å²) in [5.41, 5.74) is 11.7. The van der Waals surface area contributed by atoms with Crippen molar-refractivity contribution in [2.24, 2.45) is 0 Å². The van der Waals surface area contributed by atoms with Crippen LogP contribution in [0, 0.1) is 5.82 Å². The lowest BCUT2D eigenvalue weighted by molar-refractivity contribution is 0.387. The Labute approximate surface area is 200 Å². The summed E-state index contributed by atoms with van der Waals surface area (Å²) in [6.45, 7) is 0.631. The van der Waals surface area contributed by atoms with Gasteiger partial charge >= 0.3 is 0 Å². The van der Waals surface area contributed by atoms with E-state index in [1.165, 1.54) is 24.1 Å². The molecule has 34 heavy (non-hydrogen) atoms. The van der Waals surface area contributed by atoms with Gasteiger partial charge in [0.1, 0.15) is 5.82 Å². The highest BCUT2D eigenvalue weighted by atomic mass is 32.2. The van der Waals surface area contributed by atoms with E-state index in [4.69, 9.17) is 10.5 Å². The third kappa shape index (κ3) is 4.53. The van der Waals surface area contributed by atoms with Gasteiger partial charge in [0, 0.05) is 17.4 Å². The highest BCUT2D eigenvalue weighted by Gasteiger charge is 2.13. The zero-order chi connectivity index (χ0) is 23.5. The van der Waals surface area contributed by atoms with E-state index >= 15 is 0 Å². The van der Waals surface area contributed by atoms with E-state index < -0.39 is 0 Å². The molecule has 0 saturated heterocycles. The van der Waals surface area contributed by atoms with Crippen LogP contribution < -0.4 is 15.2 Å². The van der Waals surface area contributed by atoms with Gasteiger partial charge in [-0.1, -0.05) is 42.5 Å². The molecule has 0 aliphatic heterocycles. The van der Waals surface area contributed by atoms with Crippen LogP contribution in [0.5, 0.6) is 5.88 Å². The van der Waals surface area contributed by atoms with Crippen molar-refractivity contribution in [2.75, 3.05) is 17.6 Å². The molecular weight excluding hydrogens is 449 g/mol. The van der Waals surface area contributed by atoms with Crippen LogP contribution in [-0.2, 0) is 6.54 Å². The van der Waals surface area contributed by atoms with Crippen LogP contribution in [0.3, 0.4) is 0 Å². The van der Waals surface area contributed by atoms with Gasteiger partial charge in [0.2, 0.25) is 11.8 Å². The third-order valence-corrected chi connectivity index (χ3v) is 6.26. The monoisotopic (exact) mass is 471 g/mol. The number of halogens is 1. The van der Waals surface area contributed by atoms with Crippen molar-refractivity contribution < 1.29 is 9.13 Å². The Hall–Kier alpha value is -4.04. The van der Waals surface area contributed by atoms with E-state index in [2.05, 4.69) is 32.9 Å². The number of fused-ring (bicyclic) bond motifs is 1. The molecule has 2 aromatic heterocycles. The number of hydrogen-bond donors (Lipinski definition) is 2. The Balaban J connectivity index is 1.48. The number of imidazole rings is 1. The number of aromatic nitrogens is 3. The Morgan fingerprint density at radius 3 is 2.65 bits per heavy atom. The molecule has 0 aliphatic rings. The van der Waals surface area contributed by atoms with Gasteiger partial charge in [0.25, 0.3) is 0 Å². The van der Waals surface area contributed by atoms with Crippen LogP contribution in [0.1, 0.15) is 5.56 Å². The summed E-state index contributed by atoms with van der Waals surface area (Å²) in [5, 5.41) is 0. The lowest BCUT2D eigenvalue weighted by Gasteiger charge is -2.11. The first kappa shape index (κ1) is 21.8. The first-order chi connectivity index (χ1) is 16.6. The van der Waals surface area contributed by atoms with E-state index in [-0.39, 0.29) is 5.82 Å². The maximum atomic E-state index is 13.5. The molecule has 0 spiro atoms. The fraction of sp³-hybridized carbons (Fsp3) is 0.0769. The van der Waals surface area contributed by atoms with Crippen molar-refractivity contribution in [1.82, 2.24) is 14.5 Å². The van der Waals surface area contributed by atoms with Crippen molar-refractivity contribution in [2.45, 2.75) is 11.4 Å². The number of nitrogen functional groups attached to an aromatic ring is 1. The minimum Gasteiger partial charge on any atom is -0.480 e. The van der Waals surface area contributed by atoms with Gasteiger partial charge in [0.15, 0.2) is 0 Å². The Bertz CT molecular complexity index is 1450. The normalized spacial score (nSPS) is 11.0. The van der Waals surface area contributed by atoms with Crippen molar-refractivity contribution in [3.63, 3.8) is 0 Å². The molecule has 0 aliphatic carbocycles. The fourth-order valence-corrected chi connectivity index (χ4v) is 4.50. The van der Waals surface area contributed by atoms with Crippen molar-refractivity contribution >= 4 is 34.6 Å². The van der Waals surface area contributed by atoms with Crippen LogP contribution in [0.4, 0.5) is 16.0 Å². The number of methoxy groups -OCH3 is 1. The molecule has 8 heteroatoms. The summed E-state index contributed by atoms with van der Waals surface area (Å²) in [6, 6.07) is 24.5. The first-order valence-electron chi connectivity index (χ1n) is 10.6. The SMILES string of the molecule is COc1ncc(-c2ccc3nc(N)n(Cc4ccccc4)c3c2)cc1SNc1cccc(F)c1. The van der Waals surface area contributed by atoms with E-state index in [9.17, 15) is 4.39 Å². The third-order valence-electron chi connectivity index (χ3n) is 5.41. The summed E-state index contributed by atoms with van der Waals surface area (Å²) in [4.78, 5) is 9.77. The molecule has 0 radical (unpaired) electrons. The molecule has 0 atom stereocenters. The number of benzene rings is 3. The zero-order valence-corrected chi connectivity index (χ0v) is 19.2. The predicted molar refractivity (Wildman–Crippen MR) is 135 cm³/mol. The van der Waals surface area contributed by atoms with Crippen LogP contribution >= 0.6 is 11.9 Å². The van der Waals surface area contributed by atoms with Gasteiger partial charge in [-0.15, -0.1) is 0 Å². The number of anilines is 2. The molecule has 6 nitrogen and oxygen atoms in total. The van der Waals surface area contributed by atoms with Gasteiger partial charge in [-0.25, -0.2) is 14.4 Å². The maximum Gasteiger partial charge on any atom is 0.228 e. The molecule has 3 N–H and O–H groups in total. The van der Waals surface area contributed by atoms with Crippen molar-refractivity contribution in [1.29, 1.82) is 0 Å². The molecule has 5 rings (SSSR count). The fourth-order valence-electron chi connectivity index (χ4n) is 3.74. The number of nitrogens with one attached hydrogen (secondary N) is 1. The average Bonchev–Trinajstić information content (AvgIpc) is 3.17. The molecule has 5 aromatic rings. The molecule has 170 valence electrons. The number of nitrogens with two attached hydrogens (primary N) is 1. The van der Waals surface area contributed by atoms with Gasteiger partial charge in [-0.05, 0) is 59.5 Å². The average molecular weight is 472 g/mol. The topological polar surface area (TPSA) is 78.0 Å². The maximum absolute atomic E-state index is 13.5. The van der Waals surface area contributed by atoms with E-state index in [1.54, 1.807) is 25.4 Å². The van der Waals surface area contributed by atoms with Crippen LogP contribution in [0.15, 0.2) is 90.0 Å². The molecule has 2 heterocycles. The number of nitrogens with zero attached hydrogens (tertiary/aromatic N) is 3. The second kappa shape index (κ2) is 9.44. The Kier molecular flexibility index (Phi) is 6.05. The van der Waals surface area contributed by atoms with Crippen LogP contribution in [-0.4, -0.2) is 21.6 Å². The molecule has 0 unspecified atom stereocenters. The summed E-state index contributed by atoms with van der Waals surface area (Å²) in [5.74, 6) is 0.653. The highest BCUT2D eigenvalue weighted by Crippen LogP contribution is 2.34. The lowest BCUT2D eigenvalue weighted by Crippen LogP contribution is -2.04. The van der Waals surface area contributed by atoms with Gasteiger partial charge < -0.3 is 19.8 Å². The number of hydrogen-bond acceptors (Lipinski definition) is 6. The number of rotatable bonds is 7. The summed E-state index contributed by atoms with van der Waals surface area (Å²) in [7, 11) is 1.57. The number of pyridine rings is 1. The smallest absolute Gasteiger partial charge is 0.228 e. The molecule has 0 saturated carbocycles. The minimum atomic E-state index is -0.302. The summed E-state index contributed by atoms with van der Waals surface area (Å²) < 4.78 is 24.1. The second-order valence-electron chi connectivity index (χ2n) is 7.69. The molecule has 3 aromatic carbocycles. The second-order valence-corrected chi connectivity index (χ2v) is 8.54. The van der Waals surface area contributed by atoms with Gasteiger partial charge in [-0.3, -0.25) is 0 Å². The first-order valence-corrected chi connectivity index (χ1v) is 11.4. The Morgan fingerprint density at radius 1 is 1.00 bits per heavy atom. The molecule has 0 amide bonds. The van der Waals surface area contributed by atoms with Crippen LogP contribution in [0.25, 0.3) is 22.2 Å². The largest absolute Gasteiger partial charge is 0.480 e. The quantitative estimate of drug-likeness (QED) is 0.284. The number of ether oxygens (including phenoxy) is 1. The molecular formula is C26H22FN5OS. The molecule has 0 bridgehead atoms. The lowest BCUT2D eigenvalue weighted by atomic mass is 10.1. The van der Waals surface area contributed by atoms with E-state index in [0.717, 1.165) is 32.6 Å². The van der Waals surface area contributed by atoms with Gasteiger partial charge in [-0.2, -0.15) is 0 Å². The summed E-state index contributed by atoms with van der Waals surface area (Å²) >= 11 is 1.31. The minimum absolute atomic E-state index is 0.302. The van der Waals surface area contributed by atoms with Crippen molar-refractivity contribution in [3.05, 3.63) is 96.4 Å². The van der Waals surface area contributed by atoms with Crippen molar-refractivity contribution in [3.8, 4) is 17.0 Å². The zero-order valence-electron chi connectivity index (χ0n) is 18.4. The Morgan fingerprint density at radius 2 is 1.85 bits per heavy atom. The molecule has 0 fully saturated rings. The van der Waals surface area contributed by atoms with E-state index in [0.29, 0.717) is 24.1 Å². The predicted octanol–water partition coefficient (Wildman–Crippen LogP) is 6.00. The summed E-state index contributed by atoms with van der Waals surface area (Å²) in [6.07, 6.45) is 1.77. The standard InChI is InChI=1S/C26H22FN5OS/c1-33-25-24(34-31-21-9-5-8-20(27)14-21)13-19(15-29-25)18-10-11-22-23(12-18)32(26(28)30-22)16-17-6-3-2-4-7-17/h2-15,31H,16H2,1H3,(H2,28,30). The van der Waals surface area contributed by atoms with Gasteiger partial charge in [0.05, 0.1) is 29.6 Å². The van der Waals surface area contributed by atoms with E-state index in [1.807, 2.05) is 41.0 Å². The van der Waals surface area contributed by atoms with Crippen LogP contribution in [0.2, 0.25) is 0 Å². The highest BCUT2D eigenvalue weighted by molar-refractivity contribution is 8.00.